The Balaban J connectivity index is 1.41. The molecule has 190 valence electrons. The summed E-state index contributed by atoms with van der Waals surface area (Å²) in [6.07, 6.45) is 1.68. The standard InChI is InChI=1S/C26H35N3O5S/c1-20-9-11-29(12-10-20)35(31,32)23-7-8-25(33-2)24(17-23)26(30)27-18-21-3-5-22(6-4-21)19-28-13-15-34-16-14-28/h3-8,17,20H,9-16,18-19H2,1-2H3,(H,27,30). The predicted octanol–water partition coefficient (Wildman–Crippen LogP) is 2.88. The summed E-state index contributed by atoms with van der Waals surface area (Å²) in [7, 11) is -2.19. The van der Waals surface area contributed by atoms with Crippen LogP contribution in [0.2, 0.25) is 0 Å². The van der Waals surface area contributed by atoms with Crippen molar-refractivity contribution in [1.82, 2.24) is 14.5 Å². The summed E-state index contributed by atoms with van der Waals surface area (Å²) < 4.78 is 38.6. The molecule has 0 bridgehead atoms. The fourth-order valence-electron chi connectivity index (χ4n) is 4.46. The van der Waals surface area contributed by atoms with Gasteiger partial charge < -0.3 is 14.8 Å². The van der Waals surface area contributed by atoms with Crippen LogP contribution in [0.15, 0.2) is 47.4 Å². The van der Waals surface area contributed by atoms with Gasteiger partial charge in [-0.25, -0.2) is 8.42 Å². The first-order chi connectivity index (χ1) is 16.9. The van der Waals surface area contributed by atoms with E-state index >= 15 is 0 Å². The minimum Gasteiger partial charge on any atom is -0.496 e. The Morgan fingerprint density at radius 2 is 1.69 bits per heavy atom. The Morgan fingerprint density at radius 1 is 1.03 bits per heavy atom. The first kappa shape index (κ1) is 25.6. The van der Waals surface area contributed by atoms with Crippen molar-refractivity contribution in [3.63, 3.8) is 0 Å². The number of ether oxygens (including phenoxy) is 2. The number of piperidine rings is 1. The summed E-state index contributed by atoms with van der Waals surface area (Å²) in [6, 6.07) is 12.6. The minimum absolute atomic E-state index is 0.116. The van der Waals surface area contributed by atoms with Gasteiger partial charge in [-0.05, 0) is 48.1 Å². The molecule has 0 radical (unpaired) electrons. The summed E-state index contributed by atoms with van der Waals surface area (Å²) in [5.41, 5.74) is 2.39. The molecule has 2 aliphatic rings. The number of morpholine rings is 1. The van der Waals surface area contributed by atoms with Crippen molar-refractivity contribution < 1.29 is 22.7 Å². The average Bonchev–Trinajstić information content (AvgIpc) is 2.88. The molecule has 0 aliphatic carbocycles. The van der Waals surface area contributed by atoms with Gasteiger partial charge in [0.1, 0.15) is 5.75 Å². The lowest BCUT2D eigenvalue weighted by atomic mass is 10.0. The highest BCUT2D eigenvalue weighted by atomic mass is 32.2. The van der Waals surface area contributed by atoms with E-state index in [9.17, 15) is 13.2 Å². The summed E-state index contributed by atoms with van der Waals surface area (Å²) >= 11 is 0. The van der Waals surface area contributed by atoms with Crippen LogP contribution < -0.4 is 10.1 Å². The predicted molar refractivity (Wildman–Crippen MR) is 134 cm³/mol. The second kappa shape index (κ2) is 11.5. The number of nitrogens with zero attached hydrogens (tertiary/aromatic N) is 2. The first-order valence-electron chi connectivity index (χ1n) is 12.2. The van der Waals surface area contributed by atoms with Gasteiger partial charge in [0.25, 0.3) is 5.91 Å². The van der Waals surface area contributed by atoms with Gasteiger partial charge in [-0.2, -0.15) is 4.31 Å². The van der Waals surface area contributed by atoms with E-state index in [1.165, 1.54) is 29.1 Å². The third-order valence-electron chi connectivity index (χ3n) is 6.78. The summed E-state index contributed by atoms with van der Waals surface area (Å²) in [5.74, 6) is 0.491. The van der Waals surface area contributed by atoms with Crippen LogP contribution in [-0.2, 0) is 27.8 Å². The Labute approximate surface area is 208 Å². The van der Waals surface area contributed by atoms with Gasteiger partial charge in [0.15, 0.2) is 0 Å². The number of methoxy groups -OCH3 is 1. The Kier molecular flexibility index (Phi) is 8.43. The second-order valence-electron chi connectivity index (χ2n) is 9.34. The zero-order valence-corrected chi connectivity index (χ0v) is 21.4. The van der Waals surface area contributed by atoms with Gasteiger partial charge >= 0.3 is 0 Å². The van der Waals surface area contributed by atoms with Crippen LogP contribution in [0.4, 0.5) is 0 Å². The number of sulfonamides is 1. The third kappa shape index (κ3) is 6.41. The lowest BCUT2D eigenvalue weighted by Gasteiger charge is -2.29. The maximum Gasteiger partial charge on any atom is 0.255 e. The number of rotatable bonds is 8. The molecule has 0 aromatic heterocycles. The summed E-state index contributed by atoms with van der Waals surface area (Å²) in [4.78, 5) is 15.5. The van der Waals surface area contributed by atoms with Crippen molar-refractivity contribution in [2.24, 2.45) is 5.92 Å². The van der Waals surface area contributed by atoms with Crippen molar-refractivity contribution in [3.05, 3.63) is 59.2 Å². The quantitative estimate of drug-likeness (QED) is 0.599. The molecule has 8 nitrogen and oxygen atoms in total. The van der Waals surface area contributed by atoms with Gasteiger partial charge in [-0.15, -0.1) is 0 Å². The highest BCUT2D eigenvalue weighted by Crippen LogP contribution is 2.27. The Morgan fingerprint density at radius 3 is 2.34 bits per heavy atom. The van der Waals surface area contributed by atoms with Crippen LogP contribution in [0.1, 0.15) is 41.3 Å². The van der Waals surface area contributed by atoms with Crippen molar-refractivity contribution in [1.29, 1.82) is 0 Å². The normalized spacial score (nSPS) is 18.3. The van der Waals surface area contributed by atoms with Crippen molar-refractivity contribution in [2.45, 2.75) is 37.8 Å². The molecule has 2 aliphatic heterocycles. The van der Waals surface area contributed by atoms with Crippen LogP contribution in [0.5, 0.6) is 5.75 Å². The summed E-state index contributed by atoms with van der Waals surface area (Å²) in [5, 5.41) is 2.90. The van der Waals surface area contributed by atoms with E-state index in [0.29, 0.717) is 31.3 Å². The van der Waals surface area contributed by atoms with E-state index in [-0.39, 0.29) is 16.4 Å². The highest BCUT2D eigenvalue weighted by molar-refractivity contribution is 7.89. The number of benzene rings is 2. The number of carbonyl (C=O) groups excluding carboxylic acids is 1. The molecule has 0 unspecified atom stereocenters. The number of carbonyl (C=O) groups is 1. The molecule has 4 rings (SSSR count). The lowest BCUT2D eigenvalue weighted by molar-refractivity contribution is 0.0342. The minimum atomic E-state index is -3.66. The topological polar surface area (TPSA) is 88.2 Å². The van der Waals surface area contributed by atoms with Crippen LogP contribution in [0, 0.1) is 5.92 Å². The van der Waals surface area contributed by atoms with Gasteiger partial charge in [-0.3, -0.25) is 9.69 Å². The number of amides is 1. The van der Waals surface area contributed by atoms with E-state index in [1.807, 2.05) is 12.1 Å². The molecule has 2 saturated heterocycles. The number of hydrogen-bond acceptors (Lipinski definition) is 6. The fourth-order valence-corrected chi connectivity index (χ4v) is 5.95. The molecule has 9 heteroatoms. The van der Waals surface area contributed by atoms with Crippen LogP contribution >= 0.6 is 0 Å². The summed E-state index contributed by atoms with van der Waals surface area (Å²) in [6.45, 7) is 7.76. The van der Waals surface area contributed by atoms with E-state index in [4.69, 9.17) is 9.47 Å². The zero-order valence-electron chi connectivity index (χ0n) is 20.5. The van der Waals surface area contributed by atoms with Crippen molar-refractivity contribution in [3.8, 4) is 5.75 Å². The maximum atomic E-state index is 13.2. The van der Waals surface area contributed by atoms with Crippen LogP contribution in [0.3, 0.4) is 0 Å². The average molecular weight is 502 g/mol. The molecular weight excluding hydrogens is 466 g/mol. The van der Waals surface area contributed by atoms with Gasteiger partial charge in [-0.1, -0.05) is 31.2 Å². The molecule has 0 saturated carbocycles. The van der Waals surface area contributed by atoms with Crippen LogP contribution in [-0.4, -0.2) is 70.0 Å². The Bertz CT molecular complexity index is 1110. The molecule has 0 spiro atoms. The van der Waals surface area contributed by atoms with E-state index in [2.05, 4.69) is 29.3 Å². The first-order valence-corrected chi connectivity index (χ1v) is 13.6. The lowest BCUT2D eigenvalue weighted by Crippen LogP contribution is -2.38. The largest absolute Gasteiger partial charge is 0.496 e. The highest BCUT2D eigenvalue weighted by Gasteiger charge is 2.29. The molecule has 1 amide bonds. The molecule has 0 atom stereocenters. The maximum absolute atomic E-state index is 13.2. The van der Waals surface area contributed by atoms with E-state index in [1.54, 1.807) is 6.07 Å². The third-order valence-corrected chi connectivity index (χ3v) is 8.68. The molecule has 2 aromatic carbocycles. The van der Waals surface area contributed by atoms with Crippen molar-refractivity contribution >= 4 is 15.9 Å². The molecular formula is C26H35N3O5S. The zero-order chi connectivity index (χ0) is 24.8. The van der Waals surface area contributed by atoms with E-state index < -0.39 is 10.0 Å². The van der Waals surface area contributed by atoms with Crippen molar-refractivity contribution in [2.75, 3.05) is 46.5 Å². The molecule has 1 N–H and O–H groups in total. The fraction of sp³-hybridized carbons (Fsp3) is 0.500. The molecule has 2 heterocycles. The SMILES string of the molecule is COc1ccc(S(=O)(=O)N2CCC(C)CC2)cc1C(=O)NCc1ccc(CN2CCOCC2)cc1. The number of nitrogens with one attached hydrogen (secondary N) is 1. The van der Waals surface area contributed by atoms with Gasteiger partial charge in [0.2, 0.25) is 10.0 Å². The van der Waals surface area contributed by atoms with Gasteiger partial charge in [0.05, 0.1) is 30.8 Å². The van der Waals surface area contributed by atoms with Crippen LogP contribution in [0.25, 0.3) is 0 Å². The molecule has 2 fully saturated rings. The van der Waals surface area contributed by atoms with E-state index in [0.717, 1.165) is 51.3 Å². The smallest absolute Gasteiger partial charge is 0.255 e. The Hall–Kier alpha value is -2.46. The number of hydrogen-bond donors (Lipinski definition) is 1. The van der Waals surface area contributed by atoms with Gasteiger partial charge in [0, 0.05) is 39.3 Å². The molecule has 35 heavy (non-hydrogen) atoms. The molecule has 2 aromatic rings. The monoisotopic (exact) mass is 501 g/mol. The second-order valence-corrected chi connectivity index (χ2v) is 11.3.